The molecule has 2 unspecified atom stereocenters. The molecule has 1 heterocycles. The Balaban J connectivity index is 1.58. The van der Waals surface area contributed by atoms with Crippen molar-refractivity contribution in [1.82, 2.24) is 0 Å². The molecule has 1 fully saturated rings. The lowest BCUT2D eigenvalue weighted by atomic mass is 9.79. The van der Waals surface area contributed by atoms with E-state index < -0.39 is 0 Å². The summed E-state index contributed by atoms with van der Waals surface area (Å²) in [6, 6.07) is 7.20. The minimum atomic E-state index is -0.363. The van der Waals surface area contributed by atoms with Crippen molar-refractivity contribution in [1.29, 1.82) is 0 Å². The molecule has 0 aliphatic heterocycles. The number of aliphatic hydroxyl groups is 1. The quantitative estimate of drug-likeness (QED) is 0.523. The molecular formula is C23H26N2O4S2. The average molecular weight is 459 g/mol. The van der Waals surface area contributed by atoms with Gasteiger partial charge in [-0.25, -0.2) is 0 Å². The normalized spacial score (nSPS) is 20.0. The van der Waals surface area contributed by atoms with Crippen LogP contribution in [0.4, 0.5) is 10.7 Å². The highest BCUT2D eigenvalue weighted by atomic mass is 32.1. The third-order valence-electron chi connectivity index (χ3n) is 6.13. The van der Waals surface area contributed by atoms with Crippen LogP contribution in [0.15, 0.2) is 24.3 Å². The first kappa shape index (κ1) is 21.8. The van der Waals surface area contributed by atoms with Crippen molar-refractivity contribution in [3.63, 3.8) is 0 Å². The maximum Gasteiger partial charge on any atom is 0.258 e. The highest BCUT2D eigenvalue weighted by Gasteiger charge is 2.35. The van der Waals surface area contributed by atoms with Crippen LogP contribution in [-0.4, -0.2) is 29.1 Å². The van der Waals surface area contributed by atoms with Gasteiger partial charge < -0.3 is 20.5 Å². The predicted octanol–water partition coefficient (Wildman–Crippen LogP) is 5.13. The van der Waals surface area contributed by atoms with E-state index in [0.29, 0.717) is 28.4 Å². The number of aliphatic hydroxyl groups excluding tert-OH is 1. The molecule has 2 amide bonds. The molecule has 31 heavy (non-hydrogen) atoms. The maximum atomic E-state index is 13.2. The molecule has 0 saturated heterocycles. The molecule has 1 aromatic carbocycles. The van der Waals surface area contributed by atoms with Crippen LogP contribution in [-0.2, 0) is 17.6 Å². The average Bonchev–Trinajstić information content (AvgIpc) is 3.34. The van der Waals surface area contributed by atoms with Crippen molar-refractivity contribution in [3.8, 4) is 5.75 Å². The Morgan fingerprint density at radius 2 is 1.90 bits per heavy atom. The maximum absolute atomic E-state index is 13.2. The number of carbonyl (C=O) groups is 2. The van der Waals surface area contributed by atoms with Gasteiger partial charge in [0.1, 0.15) is 10.8 Å². The summed E-state index contributed by atoms with van der Waals surface area (Å²) in [5.74, 6) is -0.412. The molecule has 2 atom stereocenters. The van der Waals surface area contributed by atoms with Gasteiger partial charge in [-0.15, -0.1) is 11.3 Å². The second-order valence-electron chi connectivity index (χ2n) is 8.07. The fourth-order valence-electron chi connectivity index (χ4n) is 4.57. The van der Waals surface area contributed by atoms with E-state index in [1.807, 2.05) is 12.1 Å². The lowest BCUT2D eigenvalue weighted by Crippen LogP contribution is -2.35. The van der Waals surface area contributed by atoms with Gasteiger partial charge in [0.15, 0.2) is 5.05 Å². The molecule has 6 nitrogen and oxygen atoms in total. The lowest BCUT2D eigenvalue weighted by molar-refractivity contribution is -0.121. The number of aryl methyl sites for hydroxylation is 1. The van der Waals surface area contributed by atoms with Crippen LogP contribution >= 0.6 is 23.6 Å². The van der Waals surface area contributed by atoms with Gasteiger partial charge in [0, 0.05) is 28.5 Å². The van der Waals surface area contributed by atoms with Gasteiger partial charge in [0.05, 0.1) is 12.7 Å². The fraction of sp³-hybridized carbons (Fsp3) is 0.435. The number of rotatable bonds is 6. The van der Waals surface area contributed by atoms with Gasteiger partial charge in [-0.3, -0.25) is 9.59 Å². The van der Waals surface area contributed by atoms with Gasteiger partial charge in [-0.05, 0) is 62.0 Å². The number of nitrogens with one attached hydrogen (secondary N) is 2. The third-order valence-corrected chi connectivity index (χ3v) is 7.64. The zero-order chi connectivity index (χ0) is 22.0. The summed E-state index contributed by atoms with van der Waals surface area (Å²) in [6.07, 6.45) is 6.05. The molecule has 1 saturated carbocycles. The van der Waals surface area contributed by atoms with E-state index in [-0.39, 0.29) is 28.7 Å². The summed E-state index contributed by atoms with van der Waals surface area (Å²) in [7, 11) is 1.58. The number of ether oxygens (including phenoxy) is 1. The van der Waals surface area contributed by atoms with Crippen molar-refractivity contribution < 1.29 is 19.4 Å². The Hall–Kier alpha value is -2.45. The molecule has 4 rings (SSSR count). The number of hydrogen-bond acceptors (Lipinski definition) is 5. The number of amides is 2. The number of fused-ring (bicyclic) bond motifs is 1. The predicted molar refractivity (Wildman–Crippen MR) is 127 cm³/mol. The molecule has 0 spiro atoms. The number of anilines is 2. The Bertz CT molecular complexity index is 1020. The monoisotopic (exact) mass is 458 g/mol. The summed E-state index contributed by atoms with van der Waals surface area (Å²) < 4.78 is 5.24. The number of thiocarbonyl (C=S) groups is 1. The molecule has 2 aliphatic rings. The molecule has 0 radical (unpaired) electrons. The highest BCUT2D eigenvalue weighted by Crippen LogP contribution is 2.40. The Kier molecular flexibility index (Phi) is 6.57. The number of benzene rings is 1. The third kappa shape index (κ3) is 4.60. The van der Waals surface area contributed by atoms with Gasteiger partial charge in [0.2, 0.25) is 5.91 Å². The SMILES string of the molecule is COc1cccc(NC(=O)c2c(NC(=O)C3CCCCC3C(O)=S)sc3c2CCC3)c1. The molecule has 0 bridgehead atoms. The van der Waals surface area contributed by atoms with Crippen molar-refractivity contribution in [2.45, 2.75) is 44.9 Å². The second-order valence-corrected chi connectivity index (χ2v) is 9.60. The van der Waals surface area contributed by atoms with E-state index in [4.69, 9.17) is 17.0 Å². The largest absolute Gasteiger partial charge is 0.502 e. The molecular weight excluding hydrogens is 432 g/mol. The molecule has 164 valence electrons. The molecule has 8 heteroatoms. The van der Waals surface area contributed by atoms with Crippen molar-refractivity contribution in [2.24, 2.45) is 11.8 Å². The first-order chi connectivity index (χ1) is 15.0. The summed E-state index contributed by atoms with van der Waals surface area (Å²) in [4.78, 5) is 27.5. The molecule has 1 aromatic heterocycles. The van der Waals surface area contributed by atoms with Gasteiger partial charge in [-0.2, -0.15) is 0 Å². The topological polar surface area (TPSA) is 87.7 Å². The van der Waals surface area contributed by atoms with Crippen molar-refractivity contribution in [2.75, 3.05) is 17.7 Å². The van der Waals surface area contributed by atoms with E-state index in [2.05, 4.69) is 10.6 Å². The van der Waals surface area contributed by atoms with Crippen LogP contribution in [0.5, 0.6) is 5.75 Å². The standard InChI is InChI=1S/C23H26N2O4S2/c1-29-14-7-4-6-13(12-14)24-21(27)19-17-10-5-11-18(17)31-22(19)25-20(26)15-8-2-3-9-16(15)23(28)30/h4,6-7,12,15-16H,2-3,5,8-11H2,1H3,(H,24,27)(H,25,26)(H,28,30). The number of carbonyl (C=O) groups excluding carboxylic acids is 2. The zero-order valence-corrected chi connectivity index (χ0v) is 19.0. The number of hydrogen-bond donors (Lipinski definition) is 3. The van der Waals surface area contributed by atoms with Gasteiger partial charge in [0.25, 0.3) is 5.91 Å². The van der Waals surface area contributed by atoms with Crippen LogP contribution in [0, 0.1) is 11.8 Å². The summed E-state index contributed by atoms with van der Waals surface area (Å²) in [6.45, 7) is 0. The van der Waals surface area contributed by atoms with E-state index >= 15 is 0 Å². The van der Waals surface area contributed by atoms with E-state index in [1.165, 1.54) is 11.3 Å². The van der Waals surface area contributed by atoms with E-state index in [1.54, 1.807) is 19.2 Å². The van der Waals surface area contributed by atoms with Crippen LogP contribution in [0.1, 0.15) is 52.9 Å². The number of thiophene rings is 1. The van der Waals surface area contributed by atoms with Crippen LogP contribution in [0.25, 0.3) is 0 Å². The van der Waals surface area contributed by atoms with Crippen LogP contribution < -0.4 is 15.4 Å². The smallest absolute Gasteiger partial charge is 0.258 e. The van der Waals surface area contributed by atoms with Gasteiger partial charge in [-0.1, -0.05) is 18.9 Å². The highest BCUT2D eigenvalue weighted by molar-refractivity contribution is 7.80. The Morgan fingerprint density at radius 1 is 1.13 bits per heavy atom. The zero-order valence-electron chi connectivity index (χ0n) is 17.4. The van der Waals surface area contributed by atoms with Crippen molar-refractivity contribution >= 4 is 51.1 Å². The molecule has 2 aromatic rings. The summed E-state index contributed by atoms with van der Waals surface area (Å²) in [5.41, 5.74) is 2.21. The first-order valence-corrected chi connectivity index (χ1v) is 11.8. The Labute approximate surface area is 191 Å². The summed E-state index contributed by atoms with van der Waals surface area (Å²) in [5, 5.41) is 16.3. The molecule has 3 N–H and O–H groups in total. The van der Waals surface area contributed by atoms with E-state index in [9.17, 15) is 14.7 Å². The van der Waals surface area contributed by atoms with Gasteiger partial charge >= 0.3 is 0 Å². The van der Waals surface area contributed by atoms with Crippen LogP contribution in [0.2, 0.25) is 0 Å². The van der Waals surface area contributed by atoms with E-state index in [0.717, 1.165) is 49.0 Å². The number of methoxy groups -OCH3 is 1. The minimum absolute atomic E-state index is 0.0930. The summed E-state index contributed by atoms with van der Waals surface area (Å²) >= 11 is 6.48. The van der Waals surface area contributed by atoms with Crippen LogP contribution in [0.3, 0.4) is 0 Å². The fourth-order valence-corrected chi connectivity index (χ4v) is 6.14. The molecule has 2 aliphatic carbocycles. The Morgan fingerprint density at radius 3 is 2.65 bits per heavy atom. The van der Waals surface area contributed by atoms with Crippen molar-refractivity contribution in [3.05, 3.63) is 40.3 Å². The first-order valence-electron chi connectivity index (χ1n) is 10.6. The second kappa shape index (κ2) is 9.36. The lowest BCUT2D eigenvalue weighted by Gasteiger charge is -2.28. The minimum Gasteiger partial charge on any atom is -0.502 e.